The fourth-order valence-corrected chi connectivity index (χ4v) is 5.02. The molecule has 1 aromatic heterocycles. The van der Waals surface area contributed by atoms with Gasteiger partial charge in [0.25, 0.3) is 0 Å². The molecular weight excluding hydrogens is 474 g/mol. The smallest absolute Gasteiger partial charge is 0.242 e. The quantitative estimate of drug-likeness (QED) is 0.268. The molecule has 1 aromatic carbocycles. The molecule has 7 heteroatoms. The Morgan fingerprint density at radius 1 is 1.08 bits per heavy atom. The molecule has 0 N–H and O–H groups in total. The number of ether oxygens (including phenoxy) is 1. The summed E-state index contributed by atoms with van der Waals surface area (Å²) in [6, 6.07) is 14.7. The summed E-state index contributed by atoms with van der Waals surface area (Å²) in [5, 5.41) is 0. The number of amides is 2. The molecule has 0 saturated heterocycles. The van der Waals surface area contributed by atoms with Crippen molar-refractivity contribution >= 4 is 23.4 Å². The number of aromatic nitrogens is 1. The molecule has 1 heterocycles. The number of hydrogen-bond acceptors (Lipinski definition) is 3. The number of alkyl halides is 1. The summed E-state index contributed by atoms with van der Waals surface area (Å²) >= 11 is 6.12. The van der Waals surface area contributed by atoms with E-state index in [1.54, 1.807) is 12.0 Å². The monoisotopic (exact) mass is 515 g/mol. The first-order valence-electron chi connectivity index (χ1n) is 13.2. The van der Waals surface area contributed by atoms with E-state index >= 15 is 0 Å². The van der Waals surface area contributed by atoms with Crippen LogP contribution in [-0.2, 0) is 27.4 Å². The summed E-state index contributed by atoms with van der Waals surface area (Å²) in [6.07, 6.45) is 8.26. The third-order valence-electron chi connectivity index (χ3n) is 7.09. The number of carbonyl (C=O) groups excluding carboxylic acids is 2. The van der Waals surface area contributed by atoms with Crippen molar-refractivity contribution in [3.8, 4) is 0 Å². The van der Waals surface area contributed by atoms with Gasteiger partial charge in [-0.15, -0.1) is 11.6 Å². The van der Waals surface area contributed by atoms with Crippen molar-refractivity contribution in [3.05, 3.63) is 59.9 Å². The van der Waals surface area contributed by atoms with Gasteiger partial charge >= 0.3 is 0 Å². The van der Waals surface area contributed by atoms with Gasteiger partial charge in [-0.05, 0) is 50.8 Å². The summed E-state index contributed by atoms with van der Waals surface area (Å²) in [6.45, 7) is 6.07. The number of hydrogen-bond donors (Lipinski definition) is 0. The summed E-state index contributed by atoms with van der Waals surface area (Å²) in [5.74, 6) is 0.128. The normalized spacial score (nSPS) is 14.6. The van der Waals surface area contributed by atoms with Crippen LogP contribution in [0.1, 0.15) is 63.6 Å². The zero-order chi connectivity index (χ0) is 26.0. The zero-order valence-corrected chi connectivity index (χ0v) is 22.9. The molecule has 1 aliphatic carbocycles. The largest absolute Gasteiger partial charge is 0.385 e. The van der Waals surface area contributed by atoms with Crippen LogP contribution >= 0.6 is 11.6 Å². The molecule has 0 atom stereocenters. The standard InChI is InChI=1S/C29H42ClN3O3/c1-29(2,23-30)28(35)32(18-11-19-36-3)22-27(34)33(25-14-8-5-9-15-25)21-26-16-10-17-31(26)20-24-12-6-4-7-13-24/h4,6-7,10,12-13,16-17,25H,5,8-9,11,14-15,18-23H2,1-3H3. The molecular formula is C29H42ClN3O3. The number of carbonyl (C=O) groups is 2. The van der Waals surface area contributed by atoms with E-state index in [9.17, 15) is 9.59 Å². The molecule has 2 aromatic rings. The molecule has 36 heavy (non-hydrogen) atoms. The van der Waals surface area contributed by atoms with E-state index in [0.29, 0.717) is 26.1 Å². The Labute approximate surface area is 221 Å². The lowest BCUT2D eigenvalue weighted by atomic mass is 9.93. The summed E-state index contributed by atoms with van der Waals surface area (Å²) in [5.41, 5.74) is 1.61. The maximum Gasteiger partial charge on any atom is 0.242 e. The van der Waals surface area contributed by atoms with Gasteiger partial charge in [-0.25, -0.2) is 0 Å². The summed E-state index contributed by atoms with van der Waals surface area (Å²) < 4.78 is 7.42. The van der Waals surface area contributed by atoms with E-state index in [-0.39, 0.29) is 30.3 Å². The highest BCUT2D eigenvalue weighted by molar-refractivity contribution is 6.19. The Kier molecular flexibility index (Phi) is 10.9. The predicted octanol–water partition coefficient (Wildman–Crippen LogP) is 5.33. The third kappa shape index (κ3) is 7.84. The molecule has 1 aliphatic rings. The maximum atomic E-state index is 13.9. The van der Waals surface area contributed by atoms with Crippen molar-refractivity contribution < 1.29 is 14.3 Å². The molecule has 1 saturated carbocycles. The average molecular weight is 516 g/mol. The Hall–Kier alpha value is -2.31. The molecule has 0 unspecified atom stereocenters. The fraction of sp³-hybridized carbons (Fsp3) is 0.586. The van der Waals surface area contributed by atoms with Crippen LogP contribution in [0.5, 0.6) is 0 Å². The van der Waals surface area contributed by atoms with E-state index in [1.807, 2.05) is 43.0 Å². The molecule has 0 aliphatic heterocycles. The minimum Gasteiger partial charge on any atom is -0.385 e. The van der Waals surface area contributed by atoms with Crippen molar-refractivity contribution in [3.63, 3.8) is 0 Å². The molecule has 1 fully saturated rings. The van der Waals surface area contributed by atoms with Gasteiger partial charge < -0.3 is 19.1 Å². The van der Waals surface area contributed by atoms with Gasteiger partial charge in [0, 0.05) is 50.6 Å². The molecule has 0 bridgehead atoms. The van der Waals surface area contributed by atoms with Crippen molar-refractivity contribution in [2.75, 3.05) is 32.7 Å². The van der Waals surface area contributed by atoms with Gasteiger partial charge in [-0.3, -0.25) is 9.59 Å². The highest BCUT2D eigenvalue weighted by Gasteiger charge is 2.34. The van der Waals surface area contributed by atoms with Gasteiger partial charge in [0.2, 0.25) is 11.8 Å². The van der Waals surface area contributed by atoms with Gasteiger partial charge in [0.1, 0.15) is 0 Å². The number of halogens is 1. The Bertz CT molecular complexity index is 954. The van der Waals surface area contributed by atoms with E-state index in [4.69, 9.17) is 16.3 Å². The molecule has 2 amide bonds. The Morgan fingerprint density at radius 3 is 2.47 bits per heavy atom. The van der Waals surface area contributed by atoms with Gasteiger partial charge in [0.05, 0.1) is 18.5 Å². The van der Waals surface area contributed by atoms with E-state index < -0.39 is 5.41 Å². The van der Waals surface area contributed by atoms with Crippen LogP contribution < -0.4 is 0 Å². The lowest BCUT2D eigenvalue weighted by molar-refractivity contribution is -0.147. The predicted molar refractivity (Wildman–Crippen MR) is 145 cm³/mol. The highest BCUT2D eigenvalue weighted by atomic mass is 35.5. The van der Waals surface area contributed by atoms with Crippen molar-refractivity contribution in [1.29, 1.82) is 0 Å². The first-order chi connectivity index (χ1) is 17.4. The zero-order valence-electron chi connectivity index (χ0n) is 22.1. The van der Waals surface area contributed by atoms with Gasteiger partial charge in [-0.2, -0.15) is 0 Å². The second kappa shape index (κ2) is 13.8. The van der Waals surface area contributed by atoms with Crippen LogP contribution in [0.2, 0.25) is 0 Å². The van der Waals surface area contributed by atoms with Crippen LogP contribution in [0.3, 0.4) is 0 Å². The van der Waals surface area contributed by atoms with Crippen LogP contribution in [0.4, 0.5) is 0 Å². The molecule has 198 valence electrons. The number of nitrogens with zero attached hydrogens (tertiary/aromatic N) is 3. The maximum absolute atomic E-state index is 13.9. The Balaban J connectivity index is 1.80. The highest BCUT2D eigenvalue weighted by Crippen LogP contribution is 2.26. The van der Waals surface area contributed by atoms with Crippen LogP contribution in [0, 0.1) is 5.41 Å². The molecule has 0 radical (unpaired) electrons. The van der Waals surface area contributed by atoms with Crippen molar-refractivity contribution in [1.82, 2.24) is 14.4 Å². The van der Waals surface area contributed by atoms with E-state index in [2.05, 4.69) is 29.0 Å². The van der Waals surface area contributed by atoms with Crippen LogP contribution in [-0.4, -0.2) is 64.9 Å². The molecule has 0 spiro atoms. The van der Waals surface area contributed by atoms with Crippen molar-refractivity contribution in [2.45, 2.75) is 71.5 Å². The first kappa shape index (κ1) is 28.3. The lowest BCUT2D eigenvalue weighted by Crippen LogP contribution is -2.50. The lowest BCUT2D eigenvalue weighted by Gasteiger charge is -2.37. The number of methoxy groups -OCH3 is 1. The second-order valence-electron chi connectivity index (χ2n) is 10.5. The Morgan fingerprint density at radius 2 is 1.81 bits per heavy atom. The van der Waals surface area contributed by atoms with Gasteiger partial charge in [0.15, 0.2) is 0 Å². The second-order valence-corrected chi connectivity index (χ2v) is 10.8. The minimum atomic E-state index is -0.727. The third-order valence-corrected chi connectivity index (χ3v) is 7.76. The summed E-state index contributed by atoms with van der Waals surface area (Å²) in [7, 11) is 1.65. The van der Waals surface area contributed by atoms with E-state index in [1.165, 1.54) is 12.0 Å². The molecule has 3 rings (SSSR count). The van der Waals surface area contributed by atoms with E-state index in [0.717, 1.165) is 37.9 Å². The first-order valence-corrected chi connectivity index (χ1v) is 13.7. The van der Waals surface area contributed by atoms with Crippen LogP contribution in [0.25, 0.3) is 0 Å². The minimum absolute atomic E-state index is 0.00509. The van der Waals surface area contributed by atoms with Crippen LogP contribution in [0.15, 0.2) is 48.7 Å². The average Bonchev–Trinajstić information content (AvgIpc) is 3.33. The number of benzene rings is 1. The molecule has 6 nitrogen and oxygen atoms in total. The van der Waals surface area contributed by atoms with Crippen molar-refractivity contribution in [2.24, 2.45) is 5.41 Å². The SMILES string of the molecule is COCCCN(CC(=O)N(Cc1cccn1Cc1ccccc1)C1CCCCC1)C(=O)C(C)(C)CCl. The topological polar surface area (TPSA) is 54.8 Å². The fourth-order valence-electron chi connectivity index (χ4n) is 4.91. The van der Waals surface area contributed by atoms with Gasteiger partial charge in [-0.1, -0.05) is 49.6 Å². The summed E-state index contributed by atoms with van der Waals surface area (Å²) in [4.78, 5) is 30.9. The number of rotatable bonds is 13.